The predicted molar refractivity (Wildman–Crippen MR) is 127 cm³/mol. The molecule has 0 radical (unpaired) electrons. The van der Waals surface area contributed by atoms with Gasteiger partial charge < -0.3 is 26.0 Å². The molecule has 0 saturated carbocycles. The van der Waals surface area contributed by atoms with Crippen LogP contribution in [0.4, 0.5) is 27.8 Å². The second kappa shape index (κ2) is 10.1. The average Bonchev–Trinajstić information content (AvgIpc) is 3.27. The molecule has 0 spiro atoms. The molecule has 1 saturated heterocycles. The van der Waals surface area contributed by atoms with Crippen molar-refractivity contribution in [1.29, 1.82) is 0 Å². The van der Waals surface area contributed by atoms with Gasteiger partial charge in [-0.3, -0.25) is 0 Å². The third-order valence-electron chi connectivity index (χ3n) is 5.47. The normalized spacial score (nSPS) is 15.4. The molecule has 166 valence electrons. The third kappa shape index (κ3) is 5.53. The van der Waals surface area contributed by atoms with Crippen molar-refractivity contribution in [3.63, 3.8) is 0 Å². The van der Waals surface area contributed by atoms with Crippen molar-refractivity contribution in [2.45, 2.75) is 32.4 Å². The van der Waals surface area contributed by atoms with Gasteiger partial charge in [-0.1, -0.05) is 24.3 Å². The number of aliphatic hydroxyl groups is 1. The topological polar surface area (TPSA) is 102 Å². The van der Waals surface area contributed by atoms with Gasteiger partial charge in [0.25, 0.3) is 0 Å². The smallest absolute Gasteiger partial charge is 0.323 e. The molecule has 1 aliphatic rings. The van der Waals surface area contributed by atoms with Crippen LogP contribution >= 0.6 is 0 Å². The zero-order valence-electron chi connectivity index (χ0n) is 18.1. The predicted octanol–water partition coefficient (Wildman–Crippen LogP) is 4.00. The number of hydrogen-bond acceptors (Lipinski definition) is 6. The summed E-state index contributed by atoms with van der Waals surface area (Å²) in [6.07, 6.45) is 3.56. The highest BCUT2D eigenvalue weighted by molar-refractivity contribution is 5.99. The molecule has 2 heterocycles. The molecule has 8 nitrogen and oxygen atoms in total. The standard InChI is InChI=1S/C24H28N6O2/c1-17-5-2-7-19(11-17)28-24(32)29-20-8-3-6-18(12-20)14-25-22-13-23(27-16-26-22)30-10-4-9-21(30)15-31/h2-3,5-8,11-13,16,21,31H,4,9-10,14-15H2,1H3,(H,25,26,27)(H2,28,29,32). The Morgan fingerprint density at radius 1 is 1.09 bits per heavy atom. The van der Waals surface area contributed by atoms with Gasteiger partial charge in [-0.2, -0.15) is 0 Å². The number of aryl methyl sites for hydroxylation is 1. The van der Waals surface area contributed by atoms with Gasteiger partial charge in [-0.05, 0) is 55.2 Å². The second-order valence-electron chi connectivity index (χ2n) is 7.94. The second-order valence-corrected chi connectivity index (χ2v) is 7.94. The highest BCUT2D eigenvalue weighted by Gasteiger charge is 2.25. The van der Waals surface area contributed by atoms with Crippen molar-refractivity contribution in [2.24, 2.45) is 0 Å². The van der Waals surface area contributed by atoms with E-state index < -0.39 is 0 Å². The number of aliphatic hydroxyl groups excluding tert-OH is 1. The van der Waals surface area contributed by atoms with Gasteiger partial charge in [0, 0.05) is 30.5 Å². The van der Waals surface area contributed by atoms with Crippen LogP contribution < -0.4 is 20.9 Å². The number of carbonyl (C=O) groups is 1. The summed E-state index contributed by atoms with van der Waals surface area (Å²) in [5, 5.41) is 18.6. The molecule has 8 heteroatoms. The molecule has 4 rings (SSSR count). The van der Waals surface area contributed by atoms with Crippen molar-refractivity contribution in [3.8, 4) is 0 Å². The van der Waals surface area contributed by atoms with Gasteiger partial charge >= 0.3 is 6.03 Å². The summed E-state index contributed by atoms with van der Waals surface area (Å²) in [5.41, 5.74) is 3.55. The number of hydrogen-bond donors (Lipinski definition) is 4. The third-order valence-corrected chi connectivity index (χ3v) is 5.47. The van der Waals surface area contributed by atoms with Crippen LogP contribution in [0.15, 0.2) is 60.9 Å². The van der Waals surface area contributed by atoms with E-state index in [9.17, 15) is 9.90 Å². The number of urea groups is 1. The number of carbonyl (C=O) groups excluding carboxylic acids is 1. The monoisotopic (exact) mass is 432 g/mol. The Bertz CT molecular complexity index is 1070. The maximum absolute atomic E-state index is 12.3. The molecule has 1 aromatic heterocycles. The summed E-state index contributed by atoms with van der Waals surface area (Å²) in [4.78, 5) is 23.1. The van der Waals surface area contributed by atoms with Crippen LogP contribution in [-0.4, -0.2) is 40.3 Å². The Kier molecular flexibility index (Phi) is 6.81. The van der Waals surface area contributed by atoms with Crippen LogP contribution in [0.5, 0.6) is 0 Å². The van der Waals surface area contributed by atoms with E-state index >= 15 is 0 Å². The van der Waals surface area contributed by atoms with Gasteiger partial charge in [0.1, 0.15) is 18.0 Å². The Hall–Kier alpha value is -3.65. The number of aromatic nitrogens is 2. The average molecular weight is 433 g/mol. The van der Waals surface area contributed by atoms with Gasteiger partial charge in [0.15, 0.2) is 0 Å². The Morgan fingerprint density at radius 3 is 2.66 bits per heavy atom. The Labute approximate surface area is 187 Å². The molecule has 0 aliphatic carbocycles. The number of nitrogens with one attached hydrogen (secondary N) is 3. The van der Waals surface area contributed by atoms with Crippen molar-refractivity contribution in [1.82, 2.24) is 9.97 Å². The van der Waals surface area contributed by atoms with Crippen LogP contribution in [0, 0.1) is 6.92 Å². The first kappa shape index (κ1) is 21.6. The Morgan fingerprint density at radius 2 is 1.88 bits per heavy atom. The number of rotatable bonds is 7. The van der Waals surface area contributed by atoms with Crippen molar-refractivity contribution in [2.75, 3.05) is 34.0 Å². The zero-order valence-corrected chi connectivity index (χ0v) is 18.1. The van der Waals surface area contributed by atoms with Gasteiger partial charge in [0.2, 0.25) is 0 Å². The quantitative estimate of drug-likeness (QED) is 0.450. The molecule has 2 amide bonds. The maximum atomic E-state index is 12.3. The molecule has 3 aromatic rings. The molecule has 32 heavy (non-hydrogen) atoms. The van der Waals surface area contributed by atoms with Crippen LogP contribution in [0.3, 0.4) is 0 Å². The van der Waals surface area contributed by atoms with E-state index in [2.05, 4.69) is 30.8 Å². The fourth-order valence-electron chi connectivity index (χ4n) is 3.90. The molecule has 1 aliphatic heterocycles. The minimum atomic E-state index is -0.287. The lowest BCUT2D eigenvalue weighted by Gasteiger charge is -2.24. The summed E-state index contributed by atoms with van der Waals surface area (Å²) in [5.74, 6) is 1.54. The van der Waals surface area contributed by atoms with Gasteiger partial charge in [-0.15, -0.1) is 0 Å². The first-order chi connectivity index (χ1) is 15.6. The highest BCUT2D eigenvalue weighted by atomic mass is 16.3. The number of nitrogens with zero attached hydrogens (tertiary/aromatic N) is 3. The fraction of sp³-hybridized carbons (Fsp3) is 0.292. The van der Waals surface area contributed by atoms with Crippen LogP contribution in [0.25, 0.3) is 0 Å². The van der Waals surface area contributed by atoms with Crippen molar-refractivity contribution >= 4 is 29.0 Å². The molecule has 1 atom stereocenters. The van der Waals surface area contributed by atoms with Crippen LogP contribution in [0.1, 0.15) is 24.0 Å². The first-order valence-corrected chi connectivity index (χ1v) is 10.8. The lowest BCUT2D eigenvalue weighted by molar-refractivity contribution is 0.262. The molecule has 0 bridgehead atoms. The molecule has 1 fully saturated rings. The molecule has 4 N–H and O–H groups in total. The first-order valence-electron chi connectivity index (χ1n) is 10.8. The van der Waals surface area contributed by atoms with E-state index in [1.54, 1.807) is 0 Å². The lowest BCUT2D eigenvalue weighted by Crippen LogP contribution is -2.32. The van der Waals surface area contributed by atoms with E-state index in [0.29, 0.717) is 18.1 Å². The minimum absolute atomic E-state index is 0.117. The van der Waals surface area contributed by atoms with Gasteiger partial charge in [0.05, 0.1) is 12.6 Å². The van der Waals surface area contributed by atoms with E-state index in [0.717, 1.165) is 42.0 Å². The molecular formula is C24H28N6O2. The summed E-state index contributed by atoms with van der Waals surface area (Å²) in [7, 11) is 0. The van der Waals surface area contributed by atoms with Gasteiger partial charge in [-0.25, -0.2) is 14.8 Å². The zero-order chi connectivity index (χ0) is 22.3. The van der Waals surface area contributed by atoms with Crippen molar-refractivity contribution < 1.29 is 9.90 Å². The van der Waals surface area contributed by atoms with E-state index in [1.165, 1.54) is 6.33 Å². The number of amides is 2. The lowest BCUT2D eigenvalue weighted by atomic mass is 10.2. The summed E-state index contributed by atoms with van der Waals surface area (Å²) in [6.45, 7) is 3.55. The maximum Gasteiger partial charge on any atom is 0.323 e. The number of anilines is 4. The fourth-order valence-corrected chi connectivity index (χ4v) is 3.90. The van der Waals surface area contributed by atoms with Crippen molar-refractivity contribution in [3.05, 3.63) is 72.1 Å². The summed E-state index contributed by atoms with van der Waals surface area (Å²) >= 11 is 0. The van der Waals surface area contributed by atoms with Crippen LogP contribution in [0.2, 0.25) is 0 Å². The SMILES string of the molecule is Cc1cccc(NC(=O)Nc2cccc(CNc3cc(N4CCCC4CO)ncn3)c2)c1. The molecular weight excluding hydrogens is 404 g/mol. The van der Waals surface area contributed by atoms with E-state index in [1.807, 2.05) is 61.5 Å². The largest absolute Gasteiger partial charge is 0.394 e. The van der Waals surface area contributed by atoms with Crippen LogP contribution in [-0.2, 0) is 6.54 Å². The molecule has 2 aromatic carbocycles. The number of benzene rings is 2. The highest BCUT2D eigenvalue weighted by Crippen LogP contribution is 2.24. The summed E-state index contributed by atoms with van der Waals surface area (Å²) < 4.78 is 0. The summed E-state index contributed by atoms with van der Waals surface area (Å²) in [6, 6.07) is 17.1. The minimum Gasteiger partial charge on any atom is -0.394 e. The molecule has 1 unspecified atom stereocenters. The Balaban J connectivity index is 1.35. The van der Waals surface area contributed by atoms with E-state index in [4.69, 9.17) is 0 Å². The van der Waals surface area contributed by atoms with E-state index in [-0.39, 0.29) is 18.7 Å².